The summed E-state index contributed by atoms with van der Waals surface area (Å²) in [6, 6.07) is 3.31. The van der Waals surface area contributed by atoms with Gasteiger partial charge in [0, 0.05) is 17.9 Å². The number of benzene rings is 1. The zero-order valence-electron chi connectivity index (χ0n) is 16.8. The van der Waals surface area contributed by atoms with Crippen molar-refractivity contribution in [3.05, 3.63) is 33.4 Å². The Hall–Kier alpha value is -1.86. The lowest BCUT2D eigenvalue weighted by Gasteiger charge is -2.20. The summed E-state index contributed by atoms with van der Waals surface area (Å²) < 4.78 is 10.9. The van der Waals surface area contributed by atoms with Crippen molar-refractivity contribution in [1.82, 2.24) is 5.32 Å². The van der Waals surface area contributed by atoms with Gasteiger partial charge in [-0.15, -0.1) is 11.8 Å². The molecule has 29 heavy (non-hydrogen) atoms. The number of rotatable bonds is 5. The molecule has 3 rings (SSSR count). The molecule has 1 fully saturated rings. The summed E-state index contributed by atoms with van der Waals surface area (Å²) in [7, 11) is 1.49. The Kier molecular flexibility index (Phi) is 7.72. The second-order valence-corrected chi connectivity index (χ2v) is 8.74. The minimum absolute atomic E-state index is 0.172. The molecule has 2 aliphatic rings. The van der Waals surface area contributed by atoms with Crippen LogP contribution in [0.2, 0.25) is 5.02 Å². The first-order valence-corrected chi connectivity index (χ1v) is 11.3. The Bertz CT molecular complexity index is 804. The lowest BCUT2D eigenvalue weighted by Crippen LogP contribution is -2.34. The van der Waals surface area contributed by atoms with Gasteiger partial charge in [0.15, 0.2) is 0 Å². The zero-order valence-corrected chi connectivity index (χ0v) is 18.4. The fraction of sp³-hybridized carbons (Fsp3) is 0.524. The van der Waals surface area contributed by atoms with E-state index in [9.17, 15) is 9.59 Å². The molecule has 2 N–H and O–H groups in total. The van der Waals surface area contributed by atoms with Crippen LogP contribution in [0.25, 0.3) is 0 Å². The largest absolute Gasteiger partial charge is 0.496 e. The Morgan fingerprint density at radius 3 is 2.55 bits per heavy atom. The van der Waals surface area contributed by atoms with Crippen LogP contribution in [0, 0.1) is 0 Å². The fourth-order valence-electron chi connectivity index (χ4n) is 3.59. The average molecular weight is 439 g/mol. The maximum atomic E-state index is 12.8. The average Bonchev–Trinajstić information content (AvgIpc) is 2.98. The van der Waals surface area contributed by atoms with Gasteiger partial charge in [0.1, 0.15) is 16.4 Å². The van der Waals surface area contributed by atoms with Gasteiger partial charge in [-0.25, -0.2) is 0 Å². The molecule has 0 unspecified atom stereocenters. The van der Waals surface area contributed by atoms with Crippen molar-refractivity contribution in [3.8, 4) is 5.75 Å². The number of anilines is 1. The molecule has 1 saturated carbocycles. The summed E-state index contributed by atoms with van der Waals surface area (Å²) in [6.45, 7) is 2.36. The number of carbonyl (C=O) groups excluding carboxylic acids is 2. The second kappa shape index (κ2) is 10.3. The van der Waals surface area contributed by atoms with Crippen LogP contribution < -0.4 is 15.4 Å². The van der Waals surface area contributed by atoms with Gasteiger partial charge in [0.25, 0.3) is 11.8 Å². The lowest BCUT2D eigenvalue weighted by atomic mass is 10.1. The Labute approximate surface area is 180 Å². The zero-order chi connectivity index (χ0) is 20.8. The molecule has 8 heteroatoms. The van der Waals surface area contributed by atoms with Gasteiger partial charge in [-0.05, 0) is 25.8 Å². The second-order valence-electron chi connectivity index (χ2n) is 7.23. The molecule has 1 aliphatic heterocycles. The predicted octanol–water partition coefficient (Wildman–Crippen LogP) is 4.73. The predicted molar refractivity (Wildman–Crippen MR) is 117 cm³/mol. The van der Waals surface area contributed by atoms with Crippen molar-refractivity contribution in [3.63, 3.8) is 0 Å². The van der Waals surface area contributed by atoms with Crippen molar-refractivity contribution in [2.24, 2.45) is 0 Å². The van der Waals surface area contributed by atoms with Crippen molar-refractivity contribution >= 4 is 40.9 Å². The van der Waals surface area contributed by atoms with Crippen LogP contribution in [0.4, 0.5) is 5.69 Å². The van der Waals surface area contributed by atoms with E-state index in [0.717, 1.165) is 31.4 Å². The van der Waals surface area contributed by atoms with Crippen LogP contribution in [0.15, 0.2) is 22.8 Å². The Balaban J connectivity index is 1.76. The molecule has 2 amide bonds. The van der Waals surface area contributed by atoms with E-state index in [1.54, 1.807) is 19.1 Å². The maximum Gasteiger partial charge on any atom is 0.265 e. The first kappa shape index (κ1) is 21.8. The van der Waals surface area contributed by atoms with Crippen molar-refractivity contribution in [2.45, 2.75) is 51.5 Å². The van der Waals surface area contributed by atoms with Gasteiger partial charge in [-0.3, -0.25) is 9.59 Å². The first-order chi connectivity index (χ1) is 14.0. The van der Waals surface area contributed by atoms with Gasteiger partial charge >= 0.3 is 0 Å². The van der Waals surface area contributed by atoms with Gasteiger partial charge in [-0.2, -0.15) is 0 Å². The third-order valence-electron chi connectivity index (χ3n) is 5.15. The number of halogens is 1. The number of hydrogen-bond acceptors (Lipinski definition) is 5. The highest BCUT2D eigenvalue weighted by molar-refractivity contribution is 8.04. The van der Waals surface area contributed by atoms with Crippen LogP contribution in [0.5, 0.6) is 5.75 Å². The van der Waals surface area contributed by atoms with Gasteiger partial charge in [0.2, 0.25) is 0 Å². The van der Waals surface area contributed by atoms with Gasteiger partial charge in [0.05, 0.1) is 30.0 Å². The molecular weight excluding hydrogens is 412 g/mol. The van der Waals surface area contributed by atoms with E-state index >= 15 is 0 Å². The van der Waals surface area contributed by atoms with Crippen LogP contribution in [0.3, 0.4) is 0 Å². The maximum absolute atomic E-state index is 12.8. The van der Waals surface area contributed by atoms with Crippen LogP contribution in [0.1, 0.15) is 55.8 Å². The molecule has 0 atom stereocenters. The minimum atomic E-state index is -0.285. The molecule has 0 radical (unpaired) electrons. The van der Waals surface area contributed by atoms with E-state index in [-0.39, 0.29) is 22.9 Å². The lowest BCUT2D eigenvalue weighted by molar-refractivity contribution is -0.112. The minimum Gasteiger partial charge on any atom is -0.496 e. The number of nitrogens with one attached hydrogen (secondary N) is 2. The van der Waals surface area contributed by atoms with E-state index in [0.29, 0.717) is 34.3 Å². The van der Waals surface area contributed by atoms with E-state index in [2.05, 4.69) is 10.6 Å². The third kappa shape index (κ3) is 5.60. The summed E-state index contributed by atoms with van der Waals surface area (Å²) >= 11 is 7.83. The highest BCUT2D eigenvalue weighted by Gasteiger charge is 2.23. The van der Waals surface area contributed by atoms with Crippen LogP contribution in [-0.2, 0) is 9.53 Å². The quantitative estimate of drug-likeness (QED) is 0.649. The highest BCUT2D eigenvalue weighted by atomic mass is 35.5. The fourth-order valence-corrected chi connectivity index (χ4v) is 4.62. The number of methoxy groups -OCH3 is 1. The monoisotopic (exact) mass is 438 g/mol. The molecule has 0 aromatic heterocycles. The molecule has 158 valence electrons. The number of ether oxygens (including phenoxy) is 2. The normalized spacial score (nSPS) is 17.9. The number of hydrogen-bond donors (Lipinski definition) is 2. The number of amides is 2. The van der Waals surface area contributed by atoms with E-state index in [1.807, 2.05) is 0 Å². The number of thioether (sulfide) groups is 1. The number of allylic oxidation sites excluding steroid dienone is 1. The molecule has 1 aliphatic carbocycles. The van der Waals surface area contributed by atoms with Crippen molar-refractivity contribution in [1.29, 1.82) is 0 Å². The Morgan fingerprint density at radius 1 is 1.17 bits per heavy atom. The molecule has 1 aromatic carbocycles. The van der Waals surface area contributed by atoms with Crippen molar-refractivity contribution in [2.75, 3.05) is 24.8 Å². The van der Waals surface area contributed by atoms with E-state index < -0.39 is 0 Å². The molecule has 0 spiro atoms. The van der Waals surface area contributed by atoms with E-state index in [1.165, 1.54) is 31.7 Å². The van der Waals surface area contributed by atoms with Crippen molar-refractivity contribution < 1.29 is 19.1 Å². The Morgan fingerprint density at radius 2 is 1.90 bits per heavy atom. The molecular formula is C21H27ClN2O4S. The summed E-state index contributed by atoms with van der Waals surface area (Å²) in [5.41, 5.74) is 0.761. The smallest absolute Gasteiger partial charge is 0.265 e. The molecule has 0 saturated heterocycles. The topological polar surface area (TPSA) is 76.7 Å². The molecule has 1 aromatic rings. The summed E-state index contributed by atoms with van der Waals surface area (Å²) in [6.07, 6.45) is 6.67. The summed E-state index contributed by atoms with van der Waals surface area (Å²) in [5, 5.41) is 6.18. The van der Waals surface area contributed by atoms with Crippen LogP contribution in [-0.4, -0.2) is 37.3 Å². The summed E-state index contributed by atoms with van der Waals surface area (Å²) in [4.78, 5) is 25.9. The van der Waals surface area contributed by atoms with E-state index in [4.69, 9.17) is 21.1 Å². The van der Waals surface area contributed by atoms with Gasteiger partial charge < -0.3 is 20.1 Å². The first-order valence-electron chi connectivity index (χ1n) is 9.96. The molecule has 6 nitrogen and oxygen atoms in total. The standard InChI is InChI=1S/C21H27ClN2O4S/c1-13-19(29-10-9-28-13)21(26)24-17-12-18(27-2)15(11-16(17)22)20(25)23-14-7-5-3-4-6-8-14/h11-12,14H,3-10H2,1-2H3,(H,23,25)(H,24,26). The third-order valence-corrected chi connectivity index (χ3v) is 6.59. The highest BCUT2D eigenvalue weighted by Crippen LogP contribution is 2.33. The number of carbonyl (C=O) groups is 2. The summed E-state index contributed by atoms with van der Waals surface area (Å²) in [5.74, 6) is 1.20. The van der Waals surface area contributed by atoms with Gasteiger partial charge in [-0.1, -0.05) is 37.3 Å². The molecule has 0 bridgehead atoms. The SMILES string of the molecule is COc1cc(NC(=O)C2=C(C)OCCS2)c(Cl)cc1C(=O)NC1CCCCCC1. The molecule has 1 heterocycles. The van der Waals surface area contributed by atoms with Crippen LogP contribution >= 0.6 is 23.4 Å².